The topological polar surface area (TPSA) is 112 Å². The number of pyridine rings is 1. The van der Waals surface area contributed by atoms with Crippen molar-refractivity contribution in [2.45, 2.75) is 19.9 Å². The minimum atomic E-state index is -0.244. The van der Waals surface area contributed by atoms with Gasteiger partial charge in [-0.1, -0.05) is 35.9 Å². The number of nitrogens with one attached hydrogen (secondary N) is 3. The van der Waals surface area contributed by atoms with Crippen LogP contribution in [0.25, 0.3) is 22.6 Å². The summed E-state index contributed by atoms with van der Waals surface area (Å²) in [5.74, 6) is 0.370. The molecule has 0 radical (unpaired) electrons. The third-order valence-electron chi connectivity index (χ3n) is 6.81. The summed E-state index contributed by atoms with van der Waals surface area (Å²) in [6, 6.07) is 18.1. The summed E-state index contributed by atoms with van der Waals surface area (Å²) in [6.45, 7) is 6.35. The maximum atomic E-state index is 13.3. The molecule has 3 aromatic heterocycles. The Balaban J connectivity index is 1.21. The van der Waals surface area contributed by atoms with E-state index in [0.29, 0.717) is 29.2 Å². The number of H-pyrrole nitrogens is 2. The van der Waals surface area contributed by atoms with Crippen LogP contribution < -0.4 is 5.32 Å². The molecule has 1 saturated heterocycles. The molecule has 0 saturated carbocycles. The van der Waals surface area contributed by atoms with Crippen molar-refractivity contribution in [3.63, 3.8) is 0 Å². The van der Waals surface area contributed by atoms with Gasteiger partial charge >= 0.3 is 0 Å². The maximum absolute atomic E-state index is 13.3. The van der Waals surface area contributed by atoms with Crippen LogP contribution in [0.1, 0.15) is 32.7 Å². The largest absolute Gasteiger partial charge is 0.379 e. The van der Waals surface area contributed by atoms with Gasteiger partial charge in [0.25, 0.3) is 5.91 Å². The van der Waals surface area contributed by atoms with E-state index in [1.807, 2.05) is 6.07 Å². The zero-order valence-corrected chi connectivity index (χ0v) is 21.2. The minimum Gasteiger partial charge on any atom is -0.379 e. The number of morpholine rings is 1. The molecule has 1 aliphatic rings. The lowest BCUT2D eigenvalue weighted by Gasteiger charge is -2.26. The number of hydrogen-bond donors (Lipinski definition) is 3. The maximum Gasteiger partial charge on any atom is 0.257 e. The summed E-state index contributed by atoms with van der Waals surface area (Å²) in [7, 11) is 0. The number of amides is 1. The molecule has 192 valence electrons. The first-order valence-corrected chi connectivity index (χ1v) is 12.8. The van der Waals surface area contributed by atoms with Gasteiger partial charge in [-0.2, -0.15) is 5.10 Å². The lowest BCUT2D eigenvalue weighted by atomic mass is 10.0. The number of aromatic amines is 2. The Morgan fingerprint density at radius 1 is 1.08 bits per heavy atom. The lowest BCUT2D eigenvalue weighted by Crippen LogP contribution is -2.35. The molecule has 0 atom stereocenters. The van der Waals surface area contributed by atoms with Crippen LogP contribution in [-0.2, 0) is 17.7 Å². The molecule has 5 aromatic rings. The third kappa shape index (κ3) is 5.20. The Morgan fingerprint density at radius 3 is 2.74 bits per heavy atom. The van der Waals surface area contributed by atoms with Crippen molar-refractivity contribution in [3.8, 4) is 11.5 Å². The number of fused-ring (bicyclic) bond motifs is 1. The van der Waals surface area contributed by atoms with E-state index >= 15 is 0 Å². The SMILES string of the molecule is Cc1ccc(Cc2ncccc2C(=O)Nc2cn[nH]c2-c2nc3ccc(CN4CCOCC4)cc3[nH]2)cc1. The Labute approximate surface area is 220 Å². The lowest BCUT2D eigenvalue weighted by molar-refractivity contribution is 0.0342. The van der Waals surface area contributed by atoms with Crippen molar-refractivity contribution in [1.82, 2.24) is 30.0 Å². The van der Waals surface area contributed by atoms with Crippen molar-refractivity contribution in [2.24, 2.45) is 0 Å². The number of carbonyl (C=O) groups is 1. The van der Waals surface area contributed by atoms with Crippen LogP contribution >= 0.6 is 0 Å². The highest BCUT2D eigenvalue weighted by Gasteiger charge is 2.18. The van der Waals surface area contributed by atoms with Crippen LogP contribution in [0.2, 0.25) is 0 Å². The number of aryl methyl sites for hydroxylation is 1. The molecular weight excluding hydrogens is 478 g/mol. The first-order valence-electron chi connectivity index (χ1n) is 12.8. The summed E-state index contributed by atoms with van der Waals surface area (Å²) in [5, 5.41) is 10.2. The monoisotopic (exact) mass is 507 g/mol. The first-order chi connectivity index (χ1) is 18.6. The molecule has 38 heavy (non-hydrogen) atoms. The summed E-state index contributed by atoms with van der Waals surface area (Å²) >= 11 is 0. The van der Waals surface area contributed by atoms with Gasteiger partial charge < -0.3 is 15.0 Å². The second kappa shape index (κ2) is 10.6. The molecule has 3 N–H and O–H groups in total. The normalized spacial score (nSPS) is 14.1. The molecule has 1 fully saturated rings. The van der Waals surface area contributed by atoms with Crippen LogP contribution in [0.4, 0.5) is 5.69 Å². The fourth-order valence-electron chi connectivity index (χ4n) is 4.73. The Bertz CT molecular complexity index is 1570. The van der Waals surface area contributed by atoms with E-state index in [0.717, 1.165) is 55.1 Å². The van der Waals surface area contributed by atoms with Crippen molar-refractivity contribution >= 4 is 22.6 Å². The molecule has 1 aliphatic heterocycles. The summed E-state index contributed by atoms with van der Waals surface area (Å²) in [6.07, 6.45) is 3.88. The molecule has 0 spiro atoms. The predicted molar refractivity (Wildman–Crippen MR) is 146 cm³/mol. The van der Waals surface area contributed by atoms with Gasteiger partial charge in [0.15, 0.2) is 5.82 Å². The van der Waals surface area contributed by atoms with Crippen molar-refractivity contribution in [2.75, 3.05) is 31.6 Å². The minimum absolute atomic E-state index is 0.244. The van der Waals surface area contributed by atoms with E-state index in [9.17, 15) is 4.79 Å². The number of benzene rings is 2. The molecule has 0 bridgehead atoms. The van der Waals surface area contributed by atoms with Crippen LogP contribution in [0.5, 0.6) is 0 Å². The van der Waals surface area contributed by atoms with E-state index in [2.05, 4.69) is 73.7 Å². The summed E-state index contributed by atoms with van der Waals surface area (Å²) in [5.41, 5.74) is 7.71. The predicted octanol–water partition coefficient (Wildman–Crippen LogP) is 4.33. The molecule has 6 rings (SSSR count). The zero-order valence-electron chi connectivity index (χ0n) is 21.2. The molecule has 2 aromatic carbocycles. The Morgan fingerprint density at radius 2 is 1.89 bits per heavy atom. The first kappa shape index (κ1) is 24.0. The number of hydrogen-bond acceptors (Lipinski definition) is 6. The number of rotatable bonds is 7. The number of ether oxygens (including phenoxy) is 1. The van der Waals surface area contributed by atoms with E-state index in [1.54, 1.807) is 24.5 Å². The van der Waals surface area contributed by atoms with Crippen LogP contribution in [-0.4, -0.2) is 62.3 Å². The molecule has 4 heterocycles. The van der Waals surface area contributed by atoms with Crippen molar-refractivity contribution < 1.29 is 9.53 Å². The number of carbonyl (C=O) groups excluding carboxylic acids is 1. The third-order valence-corrected chi connectivity index (χ3v) is 6.81. The van der Waals surface area contributed by atoms with Crippen molar-refractivity contribution in [3.05, 3.63) is 94.9 Å². The Kier molecular flexibility index (Phi) is 6.68. The highest BCUT2D eigenvalue weighted by molar-refractivity contribution is 6.06. The molecule has 1 amide bonds. The van der Waals surface area contributed by atoms with E-state index in [-0.39, 0.29) is 5.91 Å². The zero-order chi connectivity index (χ0) is 25.9. The van der Waals surface area contributed by atoms with Gasteiger partial charge in [0.05, 0.1) is 47.4 Å². The van der Waals surface area contributed by atoms with Gasteiger partial charge in [0.1, 0.15) is 5.69 Å². The van der Waals surface area contributed by atoms with Gasteiger partial charge in [-0.3, -0.25) is 19.8 Å². The van der Waals surface area contributed by atoms with Crippen molar-refractivity contribution in [1.29, 1.82) is 0 Å². The smallest absolute Gasteiger partial charge is 0.257 e. The van der Waals surface area contributed by atoms with Gasteiger partial charge in [0, 0.05) is 32.3 Å². The summed E-state index contributed by atoms with van der Waals surface area (Å²) in [4.78, 5) is 28.3. The number of imidazole rings is 1. The molecule has 0 unspecified atom stereocenters. The van der Waals surface area contributed by atoms with Crippen LogP contribution in [0.15, 0.2) is 67.0 Å². The van der Waals surface area contributed by atoms with Gasteiger partial charge in [0.2, 0.25) is 0 Å². The fourth-order valence-corrected chi connectivity index (χ4v) is 4.73. The summed E-state index contributed by atoms with van der Waals surface area (Å²) < 4.78 is 5.46. The molecular formula is C29H29N7O2. The average molecular weight is 508 g/mol. The Hall–Kier alpha value is -4.34. The molecule has 9 heteroatoms. The van der Waals surface area contributed by atoms with E-state index in [4.69, 9.17) is 9.72 Å². The average Bonchev–Trinajstić information content (AvgIpc) is 3.57. The van der Waals surface area contributed by atoms with Crippen LogP contribution in [0, 0.1) is 6.92 Å². The molecule has 0 aliphatic carbocycles. The number of aromatic nitrogens is 5. The fraction of sp³-hybridized carbons (Fsp3) is 0.241. The standard InChI is InChI=1S/C29H29N7O2/c1-19-4-6-20(7-5-19)15-24-22(3-2-10-30-24)29(37)34-26-17-31-35-27(26)28-32-23-9-8-21(16-25(23)33-28)18-36-11-13-38-14-12-36/h2-10,16-17H,11-15,18H2,1H3,(H,31,35)(H,32,33)(H,34,37). The van der Waals surface area contributed by atoms with Crippen LogP contribution in [0.3, 0.4) is 0 Å². The van der Waals surface area contributed by atoms with Gasteiger partial charge in [-0.15, -0.1) is 0 Å². The highest BCUT2D eigenvalue weighted by atomic mass is 16.5. The second-order valence-corrected chi connectivity index (χ2v) is 9.60. The quantitative estimate of drug-likeness (QED) is 0.302. The number of anilines is 1. The highest BCUT2D eigenvalue weighted by Crippen LogP contribution is 2.27. The number of nitrogens with zero attached hydrogens (tertiary/aromatic N) is 4. The second-order valence-electron chi connectivity index (χ2n) is 9.60. The molecule has 9 nitrogen and oxygen atoms in total. The van der Waals surface area contributed by atoms with Gasteiger partial charge in [-0.05, 0) is 42.3 Å². The van der Waals surface area contributed by atoms with E-state index < -0.39 is 0 Å². The van der Waals surface area contributed by atoms with Gasteiger partial charge in [-0.25, -0.2) is 4.98 Å². The van der Waals surface area contributed by atoms with E-state index in [1.165, 1.54) is 11.1 Å².